The summed E-state index contributed by atoms with van der Waals surface area (Å²) in [5.74, 6) is 0.531. The summed E-state index contributed by atoms with van der Waals surface area (Å²) in [7, 11) is 1.87. The molecule has 0 spiro atoms. The molecule has 0 bridgehead atoms. The van der Waals surface area contributed by atoms with Crippen molar-refractivity contribution in [1.29, 1.82) is 0 Å². The van der Waals surface area contributed by atoms with Crippen molar-refractivity contribution in [3.8, 4) is 0 Å². The van der Waals surface area contributed by atoms with Crippen molar-refractivity contribution in [3.63, 3.8) is 0 Å². The fourth-order valence-corrected chi connectivity index (χ4v) is 1.88. The zero-order valence-electron chi connectivity index (χ0n) is 9.88. The second-order valence-corrected chi connectivity index (χ2v) is 3.78. The van der Waals surface area contributed by atoms with Gasteiger partial charge in [-0.15, -0.1) is 0 Å². The molecule has 0 aliphatic heterocycles. The minimum absolute atomic E-state index is 0.0632. The molecule has 0 saturated heterocycles. The summed E-state index contributed by atoms with van der Waals surface area (Å²) in [6, 6.07) is 3.75. The minimum Gasteiger partial charge on any atom is -0.383 e. The number of rotatable bonds is 3. The quantitative estimate of drug-likeness (QED) is 0.823. The number of hydrogen-bond donors (Lipinski definition) is 2. The Labute approximate surface area is 100 Å². The first-order chi connectivity index (χ1) is 8.24. The van der Waals surface area contributed by atoms with Gasteiger partial charge in [0.05, 0.1) is 11.7 Å². The monoisotopic (exact) mass is 229 g/mol. The summed E-state index contributed by atoms with van der Waals surface area (Å²) in [6.45, 7) is 2.01. The van der Waals surface area contributed by atoms with E-state index in [1.54, 1.807) is 12.4 Å². The maximum atomic E-state index is 5.94. The van der Waals surface area contributed by atoms with Crippen LogP contribution in [0.3, 0.4) is 0 Å². The Morgan fingerprint density at radius 3 is 2.65 bits per heavy atom. The van der Waals surface area contributed by atoms with E-state index < -0.39 is 0 Å². The van der Waals surface area contributed by atoms with Gasteiger partial charge in [-0.05, 0) is 31.7 Å². The normalized spacial score (nSPS) is 12.4. The van der Waals surface area contributed by atoms with Gasteiger partial charge in [0, 0.05) is 18.0 Å². The molecule has 17 heavy (non-hydrogen) atoms. The predicted octanol–water partition coefficient (Wildman–Crippen LogP) is 1.07. The molecular formula is C12H15N5. The van der Waals surface area contributed by atoms with Crippen LogP contribution in [0.4, 0.5) is 5.82 Å². The second kappa shape index (κ2) is 4.88. The Morgan fingerprint density at radius 1 is 1.24 bits per heavy atom. The number of nitrogen functional groups attached to an aromatic ring is 1. The van der Waals surface area contributed by atoms with Crippen LogP contribution in [0.5, 0.6) is 0 Å². The molecule has 2 heterocycles. The van der Waals surface area contributed by atoms with Gasteiger partial charge in [0.15, 0.2) is 0 Å². The summed E-state index contributed by atoms with van der Waals surface area (Å²) < 4.78 is 0. The number of anilines is 1. The molecule has 88 valence electrons. The van der Waals surface area contributed by atoms with E-state index in [4.69, 9.17) is 5.73 Å². The standard InChI is InChI=1S/C12H15N5/c1-8-3-6-16-12(13)10(8)11(14-2)9-4-5-15-7-17-9/h3-7,11,14H,1-2H3,(H2,13,16). The Hall–Kier alpha value is -2.01. The van der Waals surface area contributed by atoms with Crippen molar-refractivity contribution in [2.45, 2.75) is 13.0 Å². The first-order valence-electron chi connectivity index (χ1n) is 5.38. The molecule has 0 saturated carbocycles. The largest absolute Gasteiger partial charge is 0.383 e. The van der Waals surface area contributed by atoms with E-state index in [-0.39, 0.29) is 6.04 Å². The van der Waals surface area contributed by atoms with Crippen molar-refractivity contribution in [2.24, 2.45) is 0 Å². The predicted molar refractivity (Wildman–Crippen MR) is 66.3 cm³/mol. The number of nitrogens with one attached hydrogen (secondary N) is 1. The van der Waals surface area contributed by atoms with Gasteiger partial charge in [-0.2, -0.15) is 0 Å². The average Bonchev–Trinajstić information content (AvgIpc) is 2.35. The SMILES string of the molecule is CNC(c1ccncn1)c1c(C)ccnc1N. The fourth-order valence-electron chi connectivity index (χ4n) is 1.88. The van der Waals surface area contributed by atoms with Gasteiger partial charge in [0.1, 0.15) is 12.1 Å². The van der Waals surface area contributed by atoms with Crippen molar-refractivity contribution in [2.75, 3.05) is 12.8 Å². The van der Waals surface area contributed by atoms with E-state index in [1.807, 2.05) is 26.1 Å². The maximum Gasteiger partial charge on any atom is 0.128 e. The molecule has 2 aromatic heterocycles. The Morgan fingerprint density at radius 2 is 2.06 bits per heavy atom. The maximum absolute atomic E-state index is 5.94. The van der Waals surface area contributed by atoms with Gasteiger partial charge in [0.25, 0.3) is 0 Å². The number of hydrogen-bond acceptors (Lipinski definition) is 5. The highest BCUT2D eigenvalue weighted by molar-refractivity contribution is 5.48. The molecule has 1 atom stereocenters. The van der Waals surface area contributed by atoms with Crippen LogP contribution in [0.15, 0.2) is 30.9 Å². The zero-order valence-corrected chi connectivity index (χ0v) is 9.88. The van der Waals surface area contributed by atoms with Crippen molar-refractivity contribution < 1.29 is 0 Å². The van der Waals surface area contributed by atoms with Crippen LogP contribution in [0.25, 0.3) is 0 Å². The van der Waals surface area contributed by atoms with Gasteiger partial charge < -0.3 is 11.1 Å². The van der Waals surface area contributed by atoms with Gasteiger partial charge >= 0.3 is 0 Å². The van der Waals surface area contributed by atoms with Gasteiger partial charge in [-0.25, -0.2) is 15.0 Å². The van der Waals surface area contributed by atoms with Crippen LogP contribution in [-0.2, 0) is 0 Å². The third kappa shape index (κ3) is 2.24. The number of pyridine rings is 1. The molecule has 3 N–H and O–H groups in total. The van der Waals surface area contributed by atoms with Crippen LogP contribution in [-0.4, -0.2) is 22.0 Å². The molecular weight excluding hydrogens is 214 g/mol. The van der Waals surface area contributed by atoms with E-state index in [1.165, 1.54) is 6.33 Å². The highest BCUT2D eigenvalue weighted by Gasteiger charge is 2.18. The fraction of sp³-hybridized carbons (Fsp3) is 0.250. The van der Waals surface area contributed by atoms with Gasteiger partial charge in [0.2, 0.25) is 0 Å². The molecule has 2 aromatic rings. The smallest absolute Gasteiger partial charge is 0.128 e. The van der Waals surface area contributed by atoms with Crippen LogP contribution in [0, 0.1) is 6.92 Å². The number of nitrogens with zero attached hydrogens (tertiary/aromatic N) is 3. The average molecular weight is 229 g/mol. The third-order valence-electron chi connectivity index (χ3n) is 2.72. The topological polar surface area (TPSA) is 76.7 Å². The van der Waals surface area contributed by atoms with E-state index in [0.717, 1.165) is 16.8 Å². The van der Waals surface area contributed by atoms with Gasteiger partial charge in [-0.3, -0.25) is 0 Å². The molecule has 2 rings (SSSR count). The van der Waals surface area contributed by atoms with Crippen molar-refractivity contribution >= 4 is 5.82 Å². The minimum atomic E-state index is -0.0632. The van der Waals surface area contributed by atoms with E-state index in [2.05, 4.69) is 20.3 Å². The number of aryl methyl sites for hydroxylation is 1. The summed E-state index contributed by atoms with van der Waals surface area (Å²) in [5, 5.41) is 3.21. The van der Waals surface area contributed by atoms with Gasteiger partial charge in [-0.1, -0.05) is 0 Å². The Kier molecular flexibility index (Phi) is 3.30. The van der Waals surface area contributed by atoms with Crippen LogP contribution < -0.4 is 11.1 Å². The van der Waals surface area contributed by atoms with Crippen molar-refractivity contribution in [1.82, 2.24) is 20.3 Å². The summed E-state index contributed by atoms with van der Waals surface area (Å²) >= 11 is 0. The molecule has 0 fully saturated rings. The van der Waals surface area contributed by atoms with Crippen LogP contribution >= 0.6 is 0 Å². The molecule has 0 amide bonds. The third-order valence-corrected chi connectivity index (χ3v) is 2.72. The lowest BCUT2D eigenvalue weighted by molar-refractivity contribution is 0.664. The molecule has 1 unspecified atom stereocenters. The summed E-state index contributed by atoms with van der Waals surface area (Å²) in [6.07, 6.45) is 4.96. The molecule has 0 aliphatic carbocycles. The molecule has 5 nitrogen and oxygen atoms in total. The summed E-state index contributed by atoms with van der Waals surface area (Å²) in [5.41, 5.74) is 8.88. The lowest BCUT2D eigenvalue weighted by Gasteiger charge is -2.19. The van der Waals surface area contributed by atoms with Crippen LogP contribution in [0.2, 0.25) is 0 Å². The summed E-state index contributed by atoms with van der Waals surface area (Å²) in [4.78, 5) is 12.3. The van der Waals surface area contributed by atoms with E-state index in [9.17, 15) is 0 Å². The first-order valence-corrected chi connectivity index (χ1v) is 5.38. The molecule has 0 radical (unpaired) electrons. The second-order valence-electron chi connectivity index (χ2n) is 3.78. The molecule has 0 aromatic carbocycles. The Balaban J connectivity index is 2.50. The zero-order chi connectivity index (χ0) is 12.3. The number of nitrogens with two attached hydrogens (primary N) is 1. The first kappa shape index (κ1) is 11.5. The highest BCUT2D eigenvalue weighted by Crippen LogP contribution is 2.26. The van der Waals surface area contributed by atoms with Crippen LogP contribution in [0.1, 0.15) is 22.9 Å². The number of aromatic nitrogens is 3. The molecule has 0 aliphatic rings. The molecule has 5 heteroatoms. The lowest BCUT2D eigenvalue weighted by Crippen LogP contribution is -2.21. The van der Waals surface area contributed by atoms with Crippen molar-refractivity contribution in [3.05, 3.63) is 47.7 Å². The Bertz CT molecular complexity index is 477. The van der Waals surface area contributed by atoms with E-state index >= 15 is 0 Å². The van der Waals surface area contributed by atoms with E-state index in [0.29, 0.717) is 5.82 Å². The highest BCUT2D eigenvalue weighted by atomic mass is 14.9. The lowest BCUT2D eigenvalue weighted by atomic mass is 10.00.